The maximum absolute atomic E-state index is 12.8. The maximum Gasteiger partial charge on any atom is 0.257 e. The molecule has 1 N–H and O–H groups in total. The Balaban J connectivity index is 1.92. The molecular weight excluding hydrogens is 400 g/mol. The third-order valence-corrected chi connectivity index (χ3v) is 4.91. The molecule has 0 bridgehead atoms. The zero-order chi connectivity index (χ0) is 20.1. The summed E-state index contributed by atoms with van der Waals surface area (Å²) in [6.07, 6.45) is 0. The Morgan fingerprint density at radius 1 is 1.04 bits per heavy atom. The van der Waals surface area contributed by atoms with Crippen LogP contribution >= 0.6 is 22.9 Å². The Morgan fingerprint density at radius 3 is 2.29 bits per heavy atom. The van der Waals surface area contributed by atoms with Crippen molar-refractivity contribution in [2.75, 3.05) is 25.1 Å². The number of halogens is 1. The second kappa shape index (κ2) is 9.12. The third-order valence-electron chi connectivity index (χ3n) is 3.74. The minimum absolute atomic E-state index is 0.310. The molecule has 0 spiro atoms. The van der Waals surface area contributed by atoms with E-state index in [4.69, 9.17) is 25.8 Å². The normalized spacial score (nSPS) is 10.7. The van der Waals surface area contributed by atoms with Crippen molar-refractivity contribution < 1.29 is 19.0 Å². The molecule has 1 heterocycles. The van der Waals surface area contributed by atoms with Gasteiger partial charge in [0.05, 0.1) is 30.0 Å². The second-order valence-corrected chi connectivity index (χ2v) is 7.15. The number of nitrogens with zero attached hydrogens (tertiary/aromatic N) is 1. The van der Waals surface area contributed by atoms with Gasteiger partial charge in [0.25, 0.3) is 5.91 Å². The number of aromatic nitrogens is 1. The lowest BCUT2D eigenvalue weighted by atomic mass is 10.1. The van der Waals surface area contributed by atoms with Crippen LogP contribution in [-0.4, -0.2) is 30.7 Å². The Hall–Kier alpha value is -2.51. The van der Waals surface area contributed by atoms with Gasteiger partial charge >= 0.3 is 0 Å². The van der Waals surface area contributed by atoms with Gasteiger partial charge in [-0.15, -0.1) is 0 Å². The van der Waals surface area contributed by atoms with Gasteiger partial charge in [-0.25, -0.2) is 4.98 Å². The molecule has 0 radical (unpaired) electrons. The van der Waals surface area contributed by atoms with Crippen LogP contribution in [0.5, 0.6) is 17.2 Å². The summed E-state index contributed by atoms with van der Waals surface area (Å²) in [5, 5.41) is 3.95. The molecule has 0 fully saturated rings. The number of anilines is 1. The highest BCUT2D eigenvalue weighted by Crippen LogP contribution is 2.39. The molecule has 0 aliphatic rings. The first-order valence-corrected chi connectivity index (χ1v) is 10.2. The fourth-order valence-corrected chi connectivity index (χ4v) is 3.78. The van der Waals surface area contributed by atoms with E-state index in [0.717, 1.165) is 10.2 Å². The number of rotatable bonds is 8. The van der Waals surface area contributed by atoms with Crippen molar-refractivity contribution in [1.29, 1.82) is 0 Å². The first kappa shape index (κ1) is 20.2. The zero-order valence-corrected chi connectivity index (χ0v) is 17.4. The topological polar surface area (TPSA) is 69.7 Å². The number of thiazole rings is 1. The molecule has 3 rings (SSSR count). The highest BCUT2D eigenvalue weighted by atomic mass is 35.5. The Morgan fingerprint density at radius 2 is 1.68 bits per heavy atom. The standard InChI is InChI=1S/C20H21ClN2O4S/c1-4-25-15-9-12(10-16(26-5-2)18(15)27-6-3)19(24)23-20-22-14-8-7-13(21)11-17(14)28-20/h7-11H,4-6H2,1-3H3,(H,22,23,24). The fourth-order valence-electron chi connectivity index (χ4n) is 2.64. The van der Waals surface area contributed by atoms with Crippen LogP contribution in [0.2, 0.25) is 5.02 Å². The summed E-state index contributed by atoms with van der Waals surface area (Å²) < 4.78 is 17.9. The molecule has 0 atom stereocenters. The van der Waals surface area contributed by atoms with E-state index in [2.05, 4.69) is 10.3 Å². The Bertz CT molecular complexity index is 962. The molecule has 6 nitrogen and oxygen atoms in total. The Labute approximate surface area is 172 Å². The average Bonchev–Trinajstić information content (AvgIpc) is 3.05. The first-order valence-electron chi connectivity index (χ1n) is 8.99. The van der Waals surface area contributed by atoms with Crippen molar-refractivity contribution in [1.82, 2.24) is 4.98 Å². The van der Waals surface area contributed by atoms with Gasteiger partial charge in [0.2, 0.25) is 5.75 Å². The van der Waals surface area contributed by atoms with E-state index in [1.54, 1.807) is 18.2 Å². The largest absolute Gasteiger partial charge is 0.490 e. The summed E-state index contributed by atoms with van der Waals surface area (Å²) in [7, 11) is 0. The number of nitrogens with one attached hydrogen (secondary N) is 1. The monoisotopic (exact) mass is 420 g/mol. The van der Waals surface area contributed by atoms with Gasteiger partial charge in [0.15, 0.2) is 16.6 Å². The van der Waals surface area contributed by atoms with Gasteiger partial charge in [-0.05, 0) is 51.1 Å². The minimum Gasteiger partial charge on any atom is -0.490 e. The molecule has 3 aromatic rings. The number of benzene rings is 2. The molecule has 0 saturated heterocycles. The van der Waals surface area contributed by atoms with Gasteiger partial charge in [-0.2, -0.15) is 0 Å². The SMILES string of the molecule is CCOc1cc(C(=O)Nc2nc3ccc(Cl)cc3s2)cc(OCC)c1OCC. The first-order chi connectivity index (χ1) is 13.5. The van der Waals surface area contributed by atoms with Crippen molar-refractivity contribution in [3.63, 3.8) is 0 Å². The lowest BCUT2D eigenvalue weighted by molar-refractivity contribution is 0.102. The van der Waals surface area contributed by atoms with E-state index in [9.17, 15) is 4.79 Å². The number of carbonyl (C=O) groups is 1. The van der Waals surface area contributed by atoms with Gasteiger partial charge in [0.1, 0.15) is 0 Å². The fraction of sp³-hybridized carbons (Fsp3) is 0.300. The van der Waals surface area contributed by atoms with Crippen LogP contribution in [0.25, 0.3) is 10.2 Å². The third kappa shape index (κ3) is 4.48. The molecule has 8 heteroatoms. The van der Waals surface area contributed by atoms with Gasteiger partial charge in [-0.1, -0.05) is 22.9 Å². The predicted molar refractivity (Wildman–Crippen MR) is 113 cm³/mol. The van der Waals surface area contributed by atoms with Crippen LogP contribution in [0, 0.1) is 0 Å². The number of hydrogen-bond donors (Lipinski definition) is 1. The van der Waals surface area contributed by atoms with Crippen molar-refractivity contribution in [3.8, 4) is 17.2 Å². The van der Waals surface area contributed by atoms with E-state index in [0.29, 0.717) is 52.8 Å². The second-order valence-electron chi connectivity index (χ2n) is 5.69. The van der Waals surface area contributed by atoms with E-state index >= 15 is 0 Å². The summed E-state index contributed by atoms with van der Waals surface area (Å²) in [5.74, 6) is 1.13. The number of carbonyl (C=O) groups excluding carboxylic acids is 1. The minimum atomic E-state index is -0.310. The number of hydrogen-bond acceptors (Lipinski definition) is 6. The summed E-state index contributed by atoms with van der Waals surface area (Å²) in [6, 6.07) is 8.71. The predicted octanol–water partition coefficient (Wildman–Crippen LogP) is 5.40. The molecule has 1 aromatic heterocycles. The summed E-state index contributed by atoms with van der Waals surface area (Å²) in [4.78, 5) is 17.2. The molecule has 0 saturated carbocycles. The Kier molecular flexibility index (Phi) is 6.59. The summed E-state index contributed by atoms with van der Waals surface area (Å²) >= 11 is 7.38. The quantitative estimate of drug-likeness (QED) is 0.528. The van der Waals surface area contributed by atoms with Gasteiger partial charge in [0, 0.05) is 10.6 Å². The zero-order valence-electron chi connectivity index (χ0n) is 15.9. The maximum atomic E-state index is 12.8. The van der Waals surface area contributed by atoms with E-state index < -0.39 is 0 Å². The van der Waals surface area contributed by atoms with Crippen molar-refractivity contribution in [2.24, 2.45) is 0 Å². The van der Waals surface area contributed by atoms with Crippen molar-refractivity contribution in [3.05, 3.63) is 40.9 Å². The van der Waals surface area contributed by atoms with Crippen LogP contribution in [0.15, 0.2) is 30.3 Å². The molecule has 0 unspecified atom stereocenters. The van der Waals surface area contributed by atoms with Crippen LogP contribution in [0.1, 0.15) is 31.1 Å². The number of fused-ring (bicyclic) bond motifs is 1. The van der Waals surface area contributed by atoms with Crippen molar-refractivity contribution in [2.45, 2.75) is 20.8 Å². The van der Waals surface area contributed by atoms with Crippen LogP contribution in [-0.2, 0) is 0 Å². The number of amides is 1. The molecular formula is C20H21ClN2O4S. The molecule has 0 aliphatic carbocycles. The van der Waals surface area contributed by atoms with E-state index in [1.807, 2.05) is 32.9 Å². The molecule has 1 amide bonds. The lowest BCUT2D eigenvalue weighted by Crippen LogP contribution is -2.13. The van der Waals surface area contributed by atoms with Crippen LogP contribution < -0.4 is 19.5 Å². The average molecular weight is 421 g/mol. The smallest absolute Gasteiger partial charge is 0.257 e. The summed E-state index contributed by atoms with van der Waals surface area (Å²) in [6.45, 7) is 6.96. The van der Waals surface area contributed by atoms with Crippen molar-refractivity contribution >= 4 is 44.2 Å². The molecule has 28 heavy (non-hydrogen) atoms. The number of ether oxygens (including phenoxy) is 3. The highest BCUT2D eigenvalue weighted by molar-refractivity contribution is 7.22. The summed E-state index contributed by atoms with van der Waals surface area (Å²) in [5.41, 5.74) is 1.18. The van der Waals surface area contributed by atoms with E-state index in [1.165, 1.54) is 11.3 Å². The molecule has 2 aromatic carbocycles. The van der Waals surface area contributed by atoms with Gasteiger partial charge in [-0.3, -0.25) is 10.1 Å². The van der Waals surface area contributed by atoms with Crippen LogP contribution in [0.3, 0.4) is 0 Å². The lowest BCUT2D eigenvalue weighted by Gasteiger charge is -2.16. The van der Waals surface area contributed by atoms with Crippen LogP contribution in [0.4, 0.5) is 5.13 Å². The highest BCUT2D eigenvalue weighted by Gasteiger charge is 2.19. The van der Waals surface area contributed by atoms with Gasteiger partial charge < -0.3 is 14.2 Å². The molecule has 0 aliphatic heterocycles. The molecule has 148 valence electrons. The van der Waals surface area contributed by atoms with E-state index in [-0.39, 0.29) is 5.91 Å².